The van der Waals surface area contributed by atoms with E-state index in [-0.39, 0.29) is 23.1 Å². The largest absolute Gasteiger partial charge is 0.353 e. The van der Waals surface area contributed by atoms with Crippen molar-refractivity contribution in [1.82, 2.24) is 15.4 Å². The van der Waals surface area contributed by atoms with E-state index in [1.165, 1.54) is 36.8 Å². The standard InChI is InChI=1S/C23H25FN6O4S/c1-30(35(3,32)33)22-15(14-10-11-14)6-4-7-17(22)26-18-12-21(25-13-16(18)23(31)29-34-2)28-20-9-5-8-19(24)27-20/h4-9,12-14H,10-11H2,1-3H3,(H,29,31)(H2,25,26,27,28). The lowest BCUT2D eigenvalue weighted by atomic mass is 10.1. The molecule has 2 heterocycles. The van der Waals surface area contributed by atoms with Crippen LogP contribution in [0.2, 0.25) is 0 Å². The van der Waals surface area contributed by atoms with E-state index in [0.29, 0.717) is 17.1 Å². The number of anilines is 5. The van der Waals surface area contributed by atoms with Gasteiger partial charge in [-0.05, 0) is 42.5 Å². The fraction of sp³-hybridized carbons (Fsp3) is 0.261. The molecular formula is C23H25FN6O4S. The van der Waals surface area contributed by atoms with E-state index in [2.05, 4.69) is 26.1 Å². The van der Waals surface area contributed by atoms with Gasteiger partial charge in [0.05, 0.1) is 36.0 Å². The fourth-order valence-electron chi connectivity index (χ4n) is 3.61. The molecule has 1 aliphatic carbocycles. The van der Waals surface area contributed by atoms with Crippen molar-refractivity contribution >= 4 is 44.6 Å². The number of carbonyl (C=O) groups is 1. The van der Waals surface area contributed by atoms with Crippen molar-refractivity contribution in [3.63, 3.8) is 0 Å². The maximum absolute atomic E-state index is 13.5. The number of benzene rings is 1. The maximum Gasteiger partial charge on any atom is 0.278 e. The number of carbonyl (C=O) groups excluding carboxylic acids is 1. The van der Waals surface area contributed by atoms with Crippen LogP contribution in [0.15, 0.2) is 48.7 Å². The summed E-state index contributed by atoms with van der Waals surface area (Å²) in [6.45, 7) is 0. The van der Waals surface area contributed by atoms with Gasteiger partial charge < -0.3 is 10.6 Å². The average molecular weight is 501 g/mol. The zero-order valence-corrected chi connectivity index (χ0v) is 20.2. The minimum absolute atomic E-state index is 0.148. The topological polar surface area (TPSA) is 126 Å². The second kappa shape index (κ2) is 9.84. The zero-order valence-electron chi connectivity index (χ0n) is 19.4. The number of hydroxylamine groups is 1. The van der Waals surface area contributed by atoms with E-state index < -0.39 is 21.9 Å². The molecule has 0 aliphatic heterocycles. The lowest BCUT2D eigenvalue weighted by molar-refractivity contribution is 0.0538. The summed E-state index contributed by atoms with van der Waals surface area (Å²) in [4.78, 5) is 25.4. The number of halogens is 1. The molecule has 3 N–H and O–H groups in total. The van der Waals surface area contributed by atoms with Crippen molar-refractivity contribution in [3.8, 4) is 0 Å². The molecule has 0 atom stereocenters. The van der Waals surface area contributed by atoms with Gasteiger partial charge in [0, 0.05) is 19.3 Å². The third-order valence-corrected chi connectivity index (χ3v) is 6.66. The number of amides is 1. The number of aromatic nitrogens is 2. The van der Waals surface area contributed by atoms with Crippen LogP contribution in [0.3, 0.4) is 0 Å². The Bertz CT molecular complexity index is 1360. The number of pyridine rings is 2. The van der Waals surface area contributed by atoms with Crippen LogP contribution >= 0.6 is 0 Å². The van der Waals surface area contributed by atoms with E-state index in [1.54, 1.807) is 18.2 Å². The van der Waals surface area contributed by atoms with Gasteiger partial charge in [0.15, 0.2) is 0 Å². The summed E-state index contributed by atoms with van der Waals surface area (Å²) < 4.78 is 39.6. The first-order valence-electron chi connectivity index (χ1n) is 10.7. The Balaban J connectivity index is 1.78. The van der Waals surface area contributed by atoms with Gasteiger partial charge in [-0.25, -0.2) is 23.9 Å². The number of nitrogens with one attached hydrogen (secondary N) is 3. The molecule has 35 heavy (non-hydrogen) atoms. The smallest absolute Gasteiger partial charge is 0.278 e. The molecule has 3 aromatic rings. The van der Waals surface area contributed by atoms with Crippen LogP contribution in [0, 0.1) is 5.95 Å². The highest BCUT2D eigenvalue weighted by atomic mass is 32.2. The normalized spacial score (nSPS) is 13.3. The molecule has 1 aliphatic rings. The zero-order chi connectivity index (χ0) is 25.2. The average Bonchev–Trinajstić information content (AvgIpc) is 3.64. The highest BCUT2D eigenvalue weighted by Crippen LogP contribution is 2.47. The molecule has 1 saturated carbocycles. The van der Waals surface area contributed by atoms with Crippen LogP contribution in [0.4, 0.5) is 33.1 Å². The highest BCUT2D eigenvalue weighted by Gasteiger charge is 2.31. The number of sulfonamides is 1. The Labute approximate surface area is 202 Å². The molecule has 1 aromatic carbocycles. The van der Waals surface area contributed by atoms with Crippen molar-refractivity contribution < 1.29 is 22.4 Å². The molecule has 4 rings (SSSR count). The number of hydrogen-bond acceptors (Lipinski definition) is 8. The molecule has 0 radical (unpaired) electrons. The summed E-state index contributed by atoms with van der Waals surface area (Å²) in [7, 11) is -0.758. The van der Waals surface area contributed by atoms with Gasteiger partial charge in [-0.2, -0.15) is 4.39 Å². The van der Waals surface area contributed by atoms with Gasteiger partial charge >= 0.3 is 0 Å². The molecule has 12 heteroatoms. The van der Waals surface area contributed by atoms with Gasteiger partial charge in [-0.15, -0.1) is 0 Å². The van der Waals surface area contributed by atoms with Crippen molar-refractivity contribution in [2.75, 3.05) is 35.4 Å². The Hall–Kier alpha value is -3.77. The predicted molar refractivity (Wildman–Crippen MR) is 131 cm³/mol. The van der Waals surface area contributed by atoms with Gasteiger partial charge in [0.25, 0.3) is 5.91 Å². The van der Waals surface area contributed by atoms with Crippen molar-refractivity contribution in [3.05, 3.63) is 65.7 Å². The van der Waals surface area contributed by atoms with E-state index in [0.717, 1.165) is 24.7 Å². The molecular weight excluding hydrogens is 475 g/mol. The Morgan fingerprint density at radius 1 is 1.11 bits per heavy atom. The van der Waals surface area contributed by atoms with E-state index >= 15 is 0 Å². The maximum atomic E-state index is 13.5. The summed E-state index contributed by atoms with van der Waals surface area (Å²) in [6.07, 6.45) is 4.40. The first-order valence-corrected chi connectivity index (χ1v) is 12.6. The van der Waals surface area contributed by atoms with Crippen LogP contribution in [-0.4, -0.2) is 44.7 Å². The van der Waals surface area contributed by atoms with Gasteiger partial charge in [0.2, 0.25) is 16.0 Å². The van der Waals surface area contributed by atoms with Gasteiger partial charge in [0.1, 0.15) is 11.6 Å². The summed E-state index contributed by atoms with van der Waals surface area (Å²) in [6, 6.07) is 11.3. The molecule has 0 saturated heterocycles. The van der Waals surface area contributed by atoms with Crippen LogP contribution < -0.4 is 20.4 Å². The molecule has 0 unspecified atom stereocenters. The number of hydrogen-bond donors (Lipinski definition) is 3. The molecule has 1 amide bonds. The summed E-state index contributed by atoms with van der Waals surface area (Å²) in [5.41, 5.74) is 4.64. The van der Waals surface area contributed by atoms with Gasteiger partial charge in [-0.1, -0.05) is 18.2 Å². The minimum Gasteiger partial charge on any atom is -0.353 e. The molecule has 2 aromatic heterocycles. The predicted octanol–water partition coefficient (Wildman–Crippen LogP) is 3.67. The van der Waals surface area contributed by atoms with Crippen LogP contribution in [0.25, 0.3) is 0 Å². The third-order valence-electron chi connectivity index (χ3n) is 5.48. The number of para-hydroxylation sites is 1. The molecule has 10 nitrogen and oxygen atoms in total. The Morgan fingerprint density at radius 3 is 2.51 bits per heavy atom. The van der Waals surface area contributed by atoms with E-state index in [4.69, 9.17) is 4.84 Å². The second-order valence-corrected chi connectivity index (χ2v) is 10.1. The van der Waals surface area contributed by atoms with Crippen molar-refractivity contribution in [1.29, 1.82) is 0 Å². The van der Waals surface area contributed by atoms with Crippen LogP contribution in [-0.2, 0) is 14.9 Å². The van der Waals surface area contributed by atoms with Crippen LogP contribution in [0.1, 0.15) is 34.7 Å². The van der Waals surface area contributed by atoms with Crippen molar-refractivity contribution in [2.24, 2.45) is 0 Å². The fourth-order valence-corrected chi connectivity index (χ4v) is 4.15. The van der Waals surface area contributed by atoms with E-state index in [9.17, 15) is 17.6 Å². The third kappa shape index (κ3) is 5.66. The minimum atomic E-state index is -3.56. The summed E-state index contributed by atoms with van der Waals surface area (Å²) in [5, 5.41) is 6.10. The molecule has 0 bridgehead atoms. The molecule has 184 valence electrons. The van der Waals surface area contributed by atoms with Gasteiger partial charge in [-0.3, -0.25) is 13.9 Å². The quantitative estimate of drug-likeness (QED) is 0.300. The monoisotopic (exact) mass is 500 g/mol. The lowest BCUT2D eigenvalue weighted by Gasteiger charge is -2.25. The Morgan fingerprint density at radius 2 is 1.86 bits per heavy atom. The number of nitrogens with zero attached hydrogens (tertiary/aromatic N) is 3. The lowest BCUT2D eigenvalue weighted by Crippen LogP contribution is -2.27. The summed E-state index contributed by atoms with van der Waals surface area (Å²) in [5.74, 6) is -0.438. The molecule has 1 fully saturated rings. The first kappa shape index (κ1) is 24.4. The SMILES string of the molecule is CONC(=O)c1cnc(Nc2cccc(F)n2)cc1Nc1cccc(C2CC2)c1N(C)S(C)(=O)=O. The molecule has 0 spiro atoms. The Kier molecular flexibility index (Phi) is 6.85. The second-order valence-electron chi connectivity index (χ2n) is 8.09. The summed E-state index contributed by atoms with van der Waals surface area (Å²) >= 11 is 0. The van der Waals surface area contributed by atoms with E-state index in [1.807, 2.05) is 12.1 Å². The first-order chi connectivity index (χ1) is 16.7. The van der Waals surface area contributed by atoms with Crippen molar-refractivity contribution in [2.45, 2.75) is 18.8 Å². The highest BCUT2D eigenvalue weighted by molar-refractivity contribution is 7.92. The number of rotatable bonds is 9. The van der Waals surface area contributed by atoms with Crippen LogP contribution in [0.5, 0.6) is 0 Å².